The average Bonchev–Trinajstić information content (AvgIpc) is 2.75. The number of esters is 1. The highest BCUT2D eigenvalue weighted by atomic mass is 16.7. The molecule has 0 aromatic rings. The van der Waals surface area contributed by atoms with Crippen LogP contribution in [-0.4, -0.2) is 24.1 Å². The van der Waals surface area contributed by atoms with E-state index in [2.05, 4.69) is 13.8 Å². The number of carbonyl (C=O) groups is 2. The Kier molecular flexibility index (Phi) is 3.77. The first-order chi connectivity index (χ1) is 10.8. The van der Waals surface area contributed by atoms with Gasteiger partial charge in [-0.25, -0.2) is 4.79 Å². The van der Waals surface area contributed by atoms with Gasteiger partial charge in [-0.05, 0) is 25.7 Å². The Labute approximate surface area is 136 Å². The molecule has 1 atom stereocenters. The Hall–Kier alpha value is -1.78. The van der Waals surface area contributed by atoms with E-state index in [4.69, 9.17) is 14.2 Å². The number of ether oxygens (including phenoxy) is 3. The lowest BCUT2D eigenvalue weighted by Crippen LogP contribution is -2.36. The fourth-order valence-corrected chi connectivity index (χ4v) is 3.67. The molecule has 0 fully saturated rings. The molecule has 1 aliphatic carbocycles. The third-order valence-corrected chi connectivity index (χ3v) is 4.75. The Morgan fingerprint density at radius 2 is 1.96 bits per heavy atom. The van der Waals surface area contributed by atoms with E-state index in [1.807, 2.05) is 0 Å². The fourth-order valence-electron chi connectivity index (χ4n) is 3.67. The molecule has 1 spiro atoms. The molecule has 0 aromatic heterocycles. The van der Waals surface area contributed by atoms with Gasteiger partial charge in [-0.2, -0.15) is 0 Å². The van der Waals surface area contributed by atoms with Crippen molar-refractivity contribution in [3.8, 4) is 0 Å². The smallest absolute Gasteiger partial charge is 0.337 e. The maximum absolute atomic E-state index is 12.4. The van der Waals surface area contributed by atoms with E-state index in [1.54, 1.807) is 13.8 Å². The Morgan fingerprint density at radius 1 is 1.22 bits per heavy atom. The van der Waals surface area contributed by atoms with Crippen molar-refractivity contribution in [1.29, 1.82) is 0 Å². The molecule has 3 rings (SSSR count). The minimum atomic E-state index is -0.819. The zero-order chi connectivity index (χ0) is 16.8. The van der Waals surface area contributed by atoms with E-state index in [-0.39, 0.29) is 17.2 Å². The highest BCUT2D eigenvalue weighted by Gasteiger charge is 2.50. The van der Waals surface area contributed by atoms with E-state index in [1.165, 1.54) is 0 Å². The second kappa shape index (κ2) is 5.39. The van der Waals surface area contributed by atoms with Gasteiger partial charge in [-0.3, -0.25) is 4.79 Å². The van der Waals surface area contributed by atoms with Crippen LogP contribution in [0, 0.1) is 5.41 Å². The van der Waals surface area contributed by atoms with Crippen LogP contribution < -0.4 is 0 Å². The van der Waals surface area contributed by atoms with Crippen molar-refractivity contribution in [3.63, 3.8) is 0 Å². The second-order valence-electron chi connectivity index (χ2n) is 7.39. The molecule has 23 heavy (non-hydrogen) atoms. The number of ketones is 1. The summed E-state index contributed by atoms with van der Waals surface area (Å²) in [6.45, 7) is 8.05. The lowest BCUT2D eigenvalue weighted by Gasteiger charge is -2.35. The van der Waals surface area contributed by atoms with Gasteiger partial charge in [0.05, 0.1) is 18.6 Å². The van der Waals surface area contributed by atoms with Crippen LogP contribution in [0.3, 0.4) is 0 Å². The molecule has 126 valence electrons. The van der Waals surface area contributed by atoms with Crippen LogP contribution in [-0.2, 0) is 23.8 Å². The van der Waals surface area contributed by atoms with Crippen LogP contribution in [0.1, 0.15) is 59.8 Å². The first kappa shape index (κ1) is 16.1. The predicted molar refractivity (Wildman–Crippen MR) is 83.1 cm³/mol. The number of Topliss-reactive ketones (excluding diaryl/α,β-unsaturated/α-hetero) is 1. The summed E-state index contributed by atoms with van der Waals surface area (Å²) in [5, 5.41) is 0. The summed E-state index contributed by atoms with van der Waals surface area (Å²) < 4.78 is 17.2. The lowest BCUT2D eigenvalue weighted by molar-refractivity contribution is -0.191. The molecule has 1 unspecified atom stereocenters. The molecule has 2 aliphatic heterocycles. The first-order valence-corrected chi connectivity index (χ1v) is 8.25. The van der Waals surface area contributed by atoms with Crippen molar-refractivity contribution in [1.82, 2.24) is 0 Å². The molecular weight excluding hydrogens is 296 g/mol. The highest BCUT2D eigenvalue weighted by molar-refractivity contribution is 5.97. The van der Waals surface area contributed by atoms with Crippen LogP contribution in [0.5, 0.6) is 0 Å². The molecule has 3 aliphatic rings. The van der Waals surface area contributed by atoms with Crippen molar-refractivity contribution >= 4 is 11.8 Å². The summed E-state index contributed by atoms with van der Waals surface area (Å²) in [6.07, 6.45) is 2.88. The number of rotatable bonds is 2. The van der Waals surface area contributed by atoms with Crippen LogP contribution in [0.25, 0.3) is 0 Å². The lowest BCUT2D eigenvalue weighted by atomic mass is 9.76. The number of hydrogen-bond acceptors (Lipinski definition) is 5. The molecule has 0 N–H and O–H groups in total. The average molecular weight is 320 g/mol. The largest absolute Gasteiger partial charge is 0.463 e. The number of hydrogen-bond donors (Lipinski definition) is 0. The summed E-state index contributed by atoms with van der Waals surface area (Å²) in [5.41, 5.74) is 1.27. The summed E-state index contributed by atoms with van der Waals surface area (Å²) in [5.74, 6) is 0.336. The normalized spacial score (nSPS) is 29.3. The molecule has 0 aromatic carbocycles. The Bertz CT molecular complexity index is 625. The zero-order valence-electron chi connectivity index (χ0n) is 14.3. The molecule has 0 amide bonds. The molecule has 0 bridgehead atoms. The quantitative estimate of drug-likeness (QED) is 0.730. The maximum Gasteiger partial charge on any atom is 0.337 e. The van der Waals surface area contributed by atoms with Crippen molar-refractivity contribution in [2.24, 2.45) is 5.41 Å². The molecule has 5 heteroatoms. The van der Waals surface area contributed by atoms with Gasteiger partial charge in [0.2, 0.25) is 0 Å². The zero-order valence-corrected chi connectivity index (χ0v) is 14.3. The molecule has 0 saturated heterocycles. The van der Waals surface area contributed by atoms with E-state index in [0.29, 0.717) is 43.6 Å². The standard InChI is InChI=1S/C18H24O5/c1-5-21-16(20)12-6-7-18(22-11(12)2)8-13-14(19)9-17(3,4)10-15(13)23-18/h5-10H2,1-4H3. The molecule has 0 radical (unpaired) electrons. The van der Waals surface area contributed by atoms with E-state index in [9.17, 15) is 9.59 Å². The first-order valence-electron chi connectivity index (χ1n) is 8.25. The van der Waals surface area contributed by atoms with Gasteiger partial charge in [0.25, 0.3) is 5.79 Å². The van der Waals surface area contributed by atoms with Gasteiger partial charge in [0.15, 0.2) is 5.78 Å². The summed E-state index contributed by atoms with van der Waals surface area (Å²) >= 11 is 0. The van der Waals surface area contributed by atoms with Gasteiger partial charge in [-0.1, -0.05) is 13.8 Å². The van der Waals surface area contributed by atoms with Gasteiger partial charge in [-0.15, -0.1) is 0 Å². The molecule has 2 heterocycles. The topological polar surface area (TPSA) is 61.8 Å². The van der Waals surface area contributed by atoms with Crippen molar-refractivity contribution in [2.45, 2.75) is 65.6 Å². The minimum absolute atomic E-state index is 0.0723. The third kappa shape index (κ3) is 2.89. The van der Waals surface area contributed by atoms with Gasteiger partial charge < -0.3 is 14.2 Å². The fraction of sp³-hybridized carbons (Fsp3) is 0.667. The monoisotopic (exact) mass is 320 g/mol. The van der Waals surface area contributed by atoms with E-state index >= 15 is 0 Å². The van der Waals surface area contributed by atoms with E-state index < -0.39 is 5.79 Å². The van der Waals surface area contributed by atoms with Crippen LogP contribution in [0.15, 0.2) is 22.7 Å². The number of allylic oxidation sites excluding steroid dienone is 2. The molecule has 5 nitrogen and oxygen atoms in total. The maximum atomic E-state index is 12.4. The van der Waals surface area contributed by atoms with Crippen molar-refractivity contribution in [3.05, 3.63) is 22.7 Å². The molecule has 0 saturated carbocycles. The van der Waals surface area contributed by atoms with Crippen LogP contribution in [0.2, 0.25) is 0 Å². The van der Waals surface area contributed by atoms with Gasteiger partial charge in [0, 0.05) is 24.8 Å². The minimum Gasteiger partial charge on any atom is -0.463 e. The predicted octanol–water partition coefficient (Wildman–Crippen LogP) is 3.39. The van der Waals surface area contributed by atoms with Crippen LogP contribution >= 0.6 is 0 Å². The molecular formula is C18H24O5. The Morgan fingerprint density at radius 3 is 2.61 bits per heavy atom. The Balaban J connectivity index is 1.78. The van der Waals surface area contributed by atoms with Crippen molar-refractivity contribution < 1.29 is 23.8 Å². The summed E-state index contributed by atoms with van der Waals surface area (Å²) in [7, 11) is 0. The van der Waals surface area contributed by atoms with Gasteiger partial charge in [0.1, 0.15) is 11.5 Å². The summed E-state index contributed by atoms with van der Waals surface area (Å²) in [4.78, 5) is 24.3. The highest BCUT2D eigenvalue weighted by Crippen LogP contribution is 2.50. The number of carbonyl (C=O) groups excluding carboxylic acids is 2. The summed E-state index contributed by atoms with van der Waals surface area (Å²) in [6, 6.07) is 0. The SMILES string of the molecule is CCOC(=O)C1=C(C)OC2(CC1)CC1=C(CC(C)(C)CC1=O)O2. The van der Waals surface area contributed by atoms with Crippen molar-refractivity contribution in [2.75, 3.05) is 6.61 Å². The second-order valence-corrected chi connectivity index (χ2v) is 7.39. The van der Waals surface area contributed by atoms with Gasteiger partial charge >= 0.3 is 5.97 Å². The van der Waals surface area contributed by atoms with Crippen LogP contribution in [0.4, 0.5) is 0 Å². The van der Waals surface area contributed by atoms with E-state index in [0.717, 1.165) is 17.8 Å². The third-order valence-electron chi connectivity index (χ3n) is 4.75.